The van der Waals surface area contributed by atoms with Gasteiger partial charge in [-0.2, -0.15) is 0 Å². The van der Waals surface area contributed by atoms with Gasteiger partial charge in [0.2, 0.25) is 0 Å². The molecule has 0 saturated carbocycles. The van der Waals surface area contributed by atoms with Gasteiger partial charge >= 0.3 is 0 Å². The molecule has 1 nitrogen and oxygen atoms in total. The lowest BCUT2D eigenvalue weighted by atomic mass is 10.2. The molecule has 0 saturated heterocycles. The van der Waals surface area contributed by atoms with Crippen molar-refractivity contribution < 1.29 is 4.74 Å². The van der Waals surface area contributed by atoms with Gasteiger partial charge in [0.15, 0.2) is 0 Å². The van der Waals surface area contributed by atoms with Gasteiger partial charge in [-0.25, -0.2) is 0 Å². The Labute approximate surface area is 98.3 Å². The van der Waals surface area contributed by atoms with E-state index in [-0.39, 0.29) is 0 Å². The Balaban J connectivity index is 1.93. The van der Waals surface area contributed by atoms with Crippen LogP contribution >= 0.6 is 22.9 Å². The van der Waals surface area contributed by atoms with Crippen LogP contribution in [0, 0.1) is 0 Å². The molecule has 0 fully saturated rings. The number of hydrogen-bond donors (Lipinski definition) is 0. The first-order valence-electron chi connectivity index (χ1n) is 4.68. The van der Waals surface area contributed by atoms with Crippen molar-refractivity contribution >= 4 is 22.9 Å². The van der Waals surface area contributed by atoms with E-state index in [2.05, 4.69) is 11.4 Å². The van der Waals surface area contributed by atoms with E-state index in [9.17, 15) is 0 Å². The summed E-state index contributed by atoms with van der Waals surface area (Å²) in [5, 5.41) is 2.05. The van der Waals surface area contributed by atoms with Crippen molar-refractivity contribution in [2.45, 2.75) is 12.5 Å². The molecule has 2 rings (SSSR count). The van der Waals surface area contributed by atoms with Gasteiger partial charge in [0.1, 0.15) is 12.4 Å². The SMILES string of the molecule is ClCc1ccc(OCc2cccs2)cc1. The van der Waals surface area contributed by atoms with Crippen LogP contribution < -0.4 is 4.74 Å². The lowest BCUT2D eigenvalue weighted by molar-refractivity contribution is 0.310. The molecule has 0 aliphatic heterocycles. The topological polar surface area (TPSA) is 9.23 Å². The molecular weight excluding hydrogens is 228 g/mol. The molecule has 2 aromatic rings. The third kappa shape index (κ3) is 2.98. The van der Waals surface area contributed by atoms with Gasteiger partial charge in [0.25, 0.3) is 0 Å². The van der Waals surface area contributed by atoms with Crippen molar-refractivity contribution in [2.75, 3.05) is 0 Å². The molecule has 0 radical (unpaired) electrons. The number of halogens is 1. The van der Waals surface area contributed by atoms with Crippen molar-refractivity contribution in [3.8, 4) is 5.75 Å². The summed E-state index contributed by atoms with van der Waals surface area (Å²) in [4.78, 5) is 1.23. The smallest absolute Gasteiger partial charge is 0.122 e. The van der Waals surface area contributed by atoms with Crippen LogP contribution in [-0.4, -0.2) is 0 Å². The van der Waals surface area contributed by atoms with Crippen molar-refractivity contribution in [1.29, 1.82) is 0 Å². The van der Waals surface area contributed by atoms with Gasteiger partial charge in [-0.3, -0.25) is 0 Å². The van der Waals surface area contributed by atoms with Crippen molar-refractivity contribution in [1.82, 2.24) is 0 Å². The summed E-state index contributed by atoms with van der Waals surface area (Å²) in [6, 6.07) is 12.0. The summed E-state index contributed by atoms with van der Waals surface area (Å²) in [5.41, 5.74) is 1.11. The molecule has 0 amide bonds. The fourth-order valence-corrected chi connectivity index (χ4v) is 2.02. The minimum atomic E-state index is 0.547. The van der Waals surface area contributed by atoms with Gasteiger partial charge < -0.3 is 4.74 Å². The van der Waals surface area contributed by atoms with E-state index in [1.807, 2.05) is 30.3 Å². The highest BCUT2D eigenvalue weighted by Crippen LogP contribution is 2.16. The fraction of sp³-hybridized carbons (Fsp3) is 0.167. The number of ether oxygens (including phenoxy) is 1. The molecule has 0 bridgehead atoms. The molecular formula is C12H11ClOS. The summed E-state index contributed by atoms with van der Waals surface area (Å²) in [6.07, 6.45) is 0. The monoisotopic (exact) mass is 238 g/mol. The highest BCUT2D eigenvalue weighted by atomic mass is 35.5. The molecule has 15 heavy (non-hydrogen) atoms. The molecule has 1 aromatic carbocycles. The van der Waals surface area contributed by atoms with Crippen LogP contribution in [0.15, 0.2) is 41.8 Å². The first kappa shape index (κ1) is 10.5. The minimum Gasteiger partial charge on any atom is -0.488 e. The third-order valence-electron chi connectivity index (χ3n) is 2.04. The van der Waals surface area contributed by atoms with E-state index in [0.717, 1.165) is 11.3 Å². The van der Waals surface area contributed by atoms with Gasteiger partial charge in [-0.15, -0.1) is 22.9 Å². The maximum atomic E-state index is 5.70. The van der Waals surface area contributed by atoms with Crippen LogP contribution in [0.5, 0.6) is 5.75 Å². The van der Waals surface area contributed by atoms with Crippen LogP contribution in [0.1, 0.15) is 10.4 Å². The summed E-state index contributed by atoms with van der Waals surface area (Å²) in [6.45, 7) is 0.637. The van der Waals surface area contributed by atoms with E-state index in [1.165, 1.54) is 4.88 Å². The quantitative estimate of drug-likeness (QED) is 0.730. The Bertz CT molecular complexity index is 394. The van der Waals surface area contributed by atoms with E-state index in [1.54, 1.807) is 11.3 Å². The largest absolute Gasteiger partial charge is 0.488 e. The van der Waals surface area contributed by atoms with Crippen LogP contribution in [0.3, 0.4) is 0 Å². The predicted octanol–water partition coefficient (Wildman–Crippen LogP) is 4.07. The maximum absolute atomic E-state index is 5.70. The molecule has 0 atom stereocenters. The van der Waals surface area contributed by atoms with Gasteiger partial charge in [-0.1, -0.05) is 18.2 Å². The average Bonchev–Trinajstić information content (AvgIpc) is 2.80. The van der Waals surface area contributed by atoms with E-state index >= 15 is 0 Å². The molecule has 0 aliphatic carbocycles. The highest BCUT2D eigenvalue weighted by molar-refractivity contribution is 7.09. The Kier molecular flexibility index (Phi) is 3.64. The first-order chi connectivity index (χ1) is 7.38. The summed E-state index contributed by atoms with van der Waals surface area (Å²) < 4.78 is 5.62. The average molecular weight is 239 g/mol. The number of rotatable bonds is 4. The number of thiophene rings is 1. The standard InChI is InChI=1S/C12H11ClOS/c13-8-10-3-5-11(6-4-10)14-9-12-2-1-7-15-12/h1-7H,8-9H2. The Morgan fingerprint density at radius 2 is 1.93 bits per heavy atom. The maximum Gasteiger partial charge on any atom is 0.122 e. The molecule has 78 valence electrons. The van der Waals surface area contributed by atoms with Gasteiger partial charge in [-0.05, 0) is 29.1 Å². The number of alkyl halides is 1. The minimum absolute atomic E-state index is 0.547. The van der Waals surface area contributed by atoms with Crippen LogP contribution in [0.2, 0.25) is 0 Å². The second-order valence-corrected chi connectivity index (χ2v) is 4.45. The van der Waals surface area contributed by atoms with Gasteiger partial charge in [0.05, 0.1) is 0 Å². The van der Waals surface area contributed by atoms with Crippen LogP contribution in [0.25, 0.3) is 0 Å². The molecule has 0 aliphatic rings. The lowest BCUT2D eigenvalue weighted by Gasteiger charge is -2.04. The summed E-state index contributed by atoms with van der Waals surface area (Å²) in [5.74, 6) is 1.43. The fourth-order valence-electron chi connectivity index (χ4n) is 1.22. The summed E-state index contributed by atoms with van der Waals surface area (Å²) in [7, 11) is 0. The number of benzene rings is 1. The zero-order chi connectivity index (χ0) is 10.5. The lowest BCUT2D eigenvalue weighted by Crippen LogP contribution is -1.92. The summed E-state index contributed by atoms with van der Waals surface area (Å²) >= 11 is 7.40. The second kappa shape index (κ2) is 5.19. The Morgan fingerprint density at radius 3 is 2.53 bits per heavy atom. The third-order valence-corrected chi connectivity index (χ3v) is 3.20. The zero-order valence-electron chi connectivity index (χ0n) is 8.15. The molecule has 0 N–H and O–H groups in total. The predicted molar refractivity (Wildman–Crippen MR) is 64.7 cm³/mol. The van der Waals surface area contributed by atoms with Crippen LogP contribution in [-0.2, 0) is 12.5 Å². The normalized spacial score (nSPS) is 10.2. The van der Waals surface area contributed by atoms with Crippen molar-refractivity contribution in [3.05, 3.63) is 52.2 Å². The van der Waals surface area contributed by atoms with Crippen LogP contribution in [0.4, 0.5) is 0 Å². The molecule has 0 spiro atoms. The van der Waals surface area contributed by atoms with E-state index < -0.39 is 0 Å². The van der Waals surface area contributed by atoms with Crippen molar-refractivity contribution in [2.24, 2.45) is 0 Å². The second-order valence-electron chi connectivity index (χ2n) is 3.15. The molecule has 3 heteroatoms. The zero-order valence-corrected chi connectivity index (χ0v) is 9.72. The molecule has 1 heterocycles. The Hall–Kier alpha value is -0.990. The van der Waals surface area contributed by atoms with E-state index in [0.29, 0.717) is 12.5 Å². The molecule has 1 aromatic heterocycles. The van der Waals surface area contributed by atoms with E-state index in [4.69, 9.17) is 16.3 Å². The van der Waals surface area contributed by atoms with Gasteiger partial charge in [0, 0.05) is 10.8 Å². The highest BCUT2D eigenvalue weighted by Gasteiger charge is 1.96. The Morgan fingerprint density at radius 1 is 1.13 bits per heavy atom. The van der Waals surface area contributed by atoms with Crippen molar-refractivity contribution in [3.63, 3.8) is 0 Å². The first-order valence-corrected chi connectivity index (χ1v) is 6.10. The number of hydrogen-bond acceptors (Lipinski definition) is 2. The molecule has 0 unspecified atom stereocenters.